The van der Waals surface area contributed by atoms with E-state index < -0.39 is 35.7 Å². The van der Waals surface area contributed by atoms with Gasteiger partial charge in [0.2, 0.25) is 0 Å². The van der Waals surface area contributed by atoms with Gasteiger partial charge in [-0.3, -0.25) is 9.68 Å². The summed E-state index contributed by atoms with van der Waals surface area (Å²) in [5, 5.41) is 59.6. The fourth-order valence-electron chi connectivity index (χ4n) is 1.75. The molecule has 1 aliphatic rings. The maximum absolute atomic E-state index is 9.96. The largest absolute Gasteiger partial charge is 0.383 e. The molecule has 2 atom stereocenters. The van der Waals surface area contributed by atoms with Gasteiger partial charge in [-0.2, -0.15) is 10.4 Å². The van der Waals surface area contributed by atoms with Gasteiger partial charge in [-0.25, -0.2) is 0 Å². The summed E-state index contributed by atoms with van der Waals surface area (Å²) in [5.41, 5.74) is 2.80. The summed E-state index contributed by atoms with van der Waals surface area (Å²) in [4.78, 5) is 14.0. The van der Waals surface area contributed by atoms with Crippen molar-refractivity contribution in [1.82, 2.24) is 16.2 Å². The predicted molar refractivity (Wildman–Crippen MR) is 67.2 cm³/mol. The van der Waals surface area contributed by atoms with Crippen LogP contribution in [0.3, 0.4) is 0 Å². The first-order valence-corrected chi connectivity index (χ1v) is 6.34. The van der Waals surface area contributed by atoms with Gasteiger partial charge in [0, 0.05) is 7.05 Å². The molecule has 22 heavy (non-hydrogen) atoms. The van der Waals surface area contributed by atoms with Gasteiger partial charge in [0.05, 0.1) is 5.60 Å². The van der Waals surface area contributed by atoms with Gasteiger partial charge in [-0.15, -0.1) is 0 Å². The number of nitrogens with one attached hydrogen (secondary N) is 2. The lowest BCUT2D eigenvalue weighted by molar-refractivity contribution is -0.559. The Morgan fingerprint density at radius 3 is 1.82 bits per heavy atom. The molecule has 1 fully saturated rings. The molecule has 0 saturated carbocycles. The summed E-state index contributed by atoms with van der Waals surface area (Å²) in [5.74, 6) is -6.58. The van der Waals surface area contributed by atoms with E-state index in [2.05, 4.69) is 15.3 Å². The lowest BCUT2D eigenvalue weighted by Crippen LogP contribution is -2.80. The van der Waals surface area contributed by atoms with Crippen LogP contribution < -0.4 is 11.1 Å². The van der Waals surface area contributed by atoms with Crippen molar-refractivity contribution in [2.75, 3.05) is 7.05 Å². The topological polar surface area (TPSA) is 176 Å². The van der Waals surface area contributed by atoms with E-state index in [0.29, 0.717) is 0 Å². The zero-order valence-electron chi connectivity index (χ0n) is 12.6. The molecule has 132 valence electrons. The maximum Gasteiger partial charge on any atom is 0.282 e. The van der Waals surface area contributed by atoms with E-state index in [9.17, 15) is 30.6 Å². The summed E-state index contributed by atoms with van der Waals surface area (Å²) in [6.45, 7) is 4.43. The molecule has 0 spiro atoms. The van der Waals surface area contributed by atoms with Crippen molar-refractivity contribution in [3.63, 3.8) is 0 Å². The summed E-state index contributed by atoms with van der Waals surface area (Å²) in [7, 11) is 1.35. The molecule has 0 radical (unpaired) electrons. The van der Waals surface area contributed by atoms with Gasteiger partial charge in [0.1, 0.15) is 6.10 Å². The van der Waals surface area contributed by atoms with Crippen LogP contribution in [0.5, 0.6) is 0 Å². The summed E-state index contributed by atoms with van der Waals surface area (Å²) in [6, 6.07) is 0. The molecule has 0 aromatic heterocycles. The van der Waals surface area contributed by atoms with E-state index >= 15 is 0 Å². The Morgan fingerprint density at radius 1 is 1.00 bits per heavy atom. The predicted octanol–water partition coefficient (Wildman–Crippen LogP) is -4.01. The molecule has 1 saturated heterocycles. The van der Waals surface area contributed by atoms with Gasteiger partial charge in [-0.1, -0.05) is 10.7 Å². The Morgan fingerprint density at radius 2 is 1.45 bits per heavy atom. The van der Waals surface area contributed by atoms with Crippen molar-refractivity contribution in [3.8, 4) is 0 Å². The van der Waals surface area contributed by atoms with Gasteiger partial charge < -0.3 is 30.6 Å². The zero-order chi connectivity index (χ0) is 17.3. The number of piperidine rings is 1. The van der Waals surface area contributed by atoms with Crippen molar-refractivity contribution < 1.29 is 45.3 Å². The number of hydroxylamine groups is 3. The highest BCUT2D eigenvalue weighted by Crippen LogP contribution is 2.37. The molecule has 1 rings (SSSR count). The lowest BCUT2D eigenvalue weighted by Gasteiger charge is -2.53. The van der Waals surface area contributed by atoms with Crippen LogP contribution in [0.25, 0.3) is 0 Å². The van der Waals surface area contributed by atoms with Crippen molar-refractivity contribution in [1.29, 1.82) is 0 Å². The highest BCUT2D eigenvalue weighted by Gasteiger charge is 2.66. The first-order valence-electron chi connectivity index (χ1n) is 6.34. The van der Waals surface area contributed by atoms with Crippen LogP contribution in [0.15, 0.2) is 0 Å². The van der Waals surface area contributed by atoms with Crippen LogP contribution in [-0.4, -0.2) is 78.5 Å². The minimum atomic E-state index is -3.29. The summed E-state index contributed by atoms with van der Waals surface area (Å²) < 4.78 is 0. The molecular formula is C10H23N3O9. The van der Waals surface area contributed by atoms with E-state index in [-0.39, 0.29) is 5.06 Å². The monoisotopic (exact) mass is 329 g/mol. The van der Waals surface area contributed by atoms with Crippen molar-refractivity contribution in [3.05, 3.63) is 0 Å². The number of aliphatic hydroxyl groups is 6. The smallest absolute Gasteiger partial charge is 0.282 e. The number of aliphatic hydroxyl groups excluding tert-OH is 2. The second-order valence-corrected chi connectivity index (χ2v) is 5.73. The Bertz CT molecular complexity index is 351. The van der Waals surface area contributed by atoms with Crippen LogP contribution in [0.2, 0.25) is 0 Å². The molecule has 0 bridgehead atoms. The molecular weight excluding hydrogens is 306 g/mol. The fourth-order valence-corrected chi connectivity index (χ4v) is 1.75. The Kier molecular flexibility index (Phi) is 5.84. The first-order chi connectivity index (χ1) is 9.85. The molecule has 0 amide bonds. The Labute approximate surface area is 126 Å². The normalized spacial score (nSPS) is 32.2. The molecule has 2 unspecified atom stereocenters. The van der Waals surface area contributed by atoms with Gasteiger partial charge in [0.15, 0.2) is 12.2 Å². The zero-order valence-corrected chi connectivity index (χ0v) is 12.6. The van der Waals surface area contributed by atoms with Crippen molar-refractivity contribution in [2.45, 2.75) is 56.5 Å². The van der Waals surface area contributed by atoms with Gasteiger partial charge in [0.25, 0.3) is 11.8 Å². The molecule has 0 aliphatic carbocycles. The lowest BCUT2D eigenvalue weighted by atomic mass is 9.95. The number of hydrogen-bond donors (Lipinski definition) is 8. The average Bonchev–Trinajstić information content (AvgIpc) is 2.37. The molecule has 0 aromatic carbocycles. The second-order valence-electron chi connectivity index (χ2n) is 5.73. The molecule has 1 aliphatic heterocycles. The Balaban J connectivity index is 3.06. The van der Waals surface area contributed by atoms with E-state index in [1.807, 2.05) is 0 Å². The van der Waals surface area contributed by atoms with Gasteiger partial charge in [-0.05, 0) is 20.8 Å². The van der Waals surface area contributed by atoms with E-state index in [1.54, 1.807) is 5.64 Å². The van der Waals surface area contributed by atoms with E-state index in [4.69, 9.17) is 4.84 Å². The third-order valence-electron chi connectivity index (χ3n) is 2.71. The van der Waals surface area contributed by atoms with E-state index in [1.165, 1.54) is 27.8 Å². The minimum Gasteiger partial charge on any atom is -0.383 e. The van der Waals surface area contributed by atoms with E-state index in [0.717, 1.165) is 0 Å². The van der Waals surface area contributed by atoms with Crippen LogP contribution in [0, 0.1) is 0 Å². The number of nitrogens with zero attached hydrogens (tertiary/aromatic N) is 1. The van der Waals surface area contributed by atoms with Crippen LogP contribution >= 0.6 is 0 Å². The van der Waals surface area contributed by atoms with Crippen molar-refractivity contribution in [2.24, 2.45) is 0 Å². The first kappa shape index (κ1) is 19.6. The maximum atomic E-state index is 9.96. The third kappa shape index (κ3) is 3.88. The summed E-state index contributed by atoms with van der Waals surface area (Å²) >= 11 is 0. The highest BCUT2D eigenvalue weighted by molar-refractivity contribution is 4.97. The average molecular weight is 329 g/mol. The second kappa shape index (κ2) is 6.56. The molecule has 12 heteroatoms. The van der Waals surface area contributed by atoms with Crippen LogP contribution in [-0.2, 0) is 14.6 Å². The SMILES string of the molecule is CNONOC1C(O)C(O)(O)N(OC(C)(C)C)C(O)(O)C1O. The van der Waals surface area contributed by atoms with Crippen molar-refractivity contribution >= 4 is 0 Å². The van der Waals surface area contributed by atoms with Crippen LogP contribution in [0.1, 0.15) is 20.8 Å². The Hall–Kier alpha value is -0.480. The van der Waals surface area contributed by atoms with Crippen LogP contribution in [0.4, 0.5) is 0 Å². The third-order valence-corrected chi connectivity index (χ3v) is 2.71. The highest BCUT2D eigenvalue weighted by atomic mass is 17.0. The molecule has 1 heterocycles. The number of rotatable bonds is 5. The standard InChI is InChI=1S/C10H23N3O9/c1-8(2,3)21-13-9(16,17)6(14)5(20-12-22-11-4)7(15)10(13,18)19/h5-7,11-12,14-19H,1-4H3. The minimum absolute atomic E-state index is 0.117. The molecule has 12 nitrogen and oxygen atoms in total. The molecule has 8 N–H and O–H groups in total. The molecule has 0 aromatic rings. The number of hydrogen-bond acceptors (Lipinski definition) is 12. The summed E-state index contributed by atoms with van der Waals surface area (Å²) in [6.07, 6.45) is -6.33. The quantitative estimate of drug-likeness (QED) is 0.139. The van der Waals surface area contributed by atoms with Gasteiger partial charge >= 0.3 is 0 Å². The fraction of sp³-hybridized carbons (Fsp3) is 1.00.